The van der Waals surface area contributed by atoms with Gasteiger partial charge in [-0.05, 0) is 42.0 Å². The Bertz CT molecular complexity index is 799. The van der Waals surface area contributed by atoms with Crippen LogP contribution in [-0.4, -0.2) is 11.0 Å². The van der Waals surface area contributed by atoms with Crippen molar-refractivity contribution < 1.29 is 9.53 Å². The molecule has 0 aliphatic rings. The number of fused-ring (bicyclic) bond motifs is 1. The molecule has 0 aliphatic heterocycles. The Labute approximate surface area is 122 Å². The van der Waals surface area contributed by atoms with Gasteiger partial charge >= 0.3 is 5.97 Å². The largest absolute Gasteiger partial charge is 0.457 e. The molecule has 21 heavy (non-hydrogen) atoms. The highest BCUT2D eigenvalue weighted by atomic mass is 16.5. The molecule has 2 aromatic carbocycles. The predicted octanol–water partition coefficient (Wildman–Crippen LogP) is 3.17. The number of carbonyl (C=O) groups excluding carboxylic acids is 1. The predicted molar refractivity (Wildman–Crippen MR) is 81.7 cm³/mol. The van der Waals surface area contributed by atoms with Crippen molar-refractivity contribution in [1.29, 1.82) is 0 Å². The van der Waals surface area contributed by atoms with Gasteiger partial charge in [-0.25, -0.2) is 4.79 Å². The minimum absolute atomic E-state index is 0.221. The lowest BCUT2D eigenvalue weighted by molar-refractivity contribution is 0.0473. The normalized spacial score (nSPS) is 10.5. The van der Waals surface area contributed by atoms with Crippen LogP contribution in [0.3, 0.4) is 0 Å². The van der Waals surface area contributed by atoms with E-state index >= 15 is 0 Å². The maximum atomic E-state index is 11.9. The number of pyridine rings is 1. The zero-order valence-electron chi connectivity index (χ0n) is 11.3. The molecular formula is C17H14N2O2. The number of nitrogens with two attached hydrogens (primary N) is 1. The van der Waals surface area contributed by atoms with Crippen LogP contribution in [0, 0.1) is 0 Å². The van der Waals surface area contributed by atoms with Gasteiger partial charge in [-0.3, -0.25) is 4.98 Å². The Morgan fingerprint density at radius 3 is 2.86 bits per heavy atom. The molecule has 4 nitrogen and oxygen atoms in total. The summed E-state index contributed by atoms with van der Waals surface area (Å²) in [5, 5.41) is 1.02. The summed E-state index contributed by atoms with van der Waals surface area (Å²) in [5.41, 5.74) is 8.49. The molecule has 0 amide bonds. The van der Waals surface area contributed by atoms with Gasteiger partial charge in [0.15, 0.2) is 0 Å². The van der Waals surface area contributed by atoms with E-state index in [1.807, 2.05) is 30.3 Å². The summed E-state index contributed by atoms with van der Waals surface area (Å²) in [6.45, 7) is 0.221. The number of hydrogen-bond donors (Lipinski definition) is 1. The maximum Gasteiger partial charge on any atom is 0.338 e. The minimum Gasteiger partial charge on any atom is -0.457 e. The van der Waals surface area contributed by atoms with Gasteiger partial charge in [-0.15, -0.1) is 0 Å². The second kappa shape index (κ2) is 5.63. The lowest BCUT2D eigenvalue weighted by atomic mass is 10.1. The van der Waals surface area contributed by atoms with E-state index in [9.17, 15) is 4.79 Å². The number of hydrogen-bond acceptors (Lipinski definition) is 4. The van der Waals surface area contributed by atoms with E-state index in [0.717, 1.165) is 16.5 Å². The number of aromatic nitrogens is 1. The number of nitrogen functional groups attached to an aromatic ring is 1. The third-order valence-electron chi connectivity index (χ3n) is 3.16. The molecule has 104 valence electrons. The Hall–Kier alpha value is -2.88. The van der Waals surface area contributed by atoms with E-state index < -0.39 is 0 Å². The number of benzene rings is 2. The van der Waals surface area contributed by atoms with Crippen molar-refractivity contribution in [2.24, 2.45) is 0 Å². The van der Waals surface area contributed by atoms with Crippen LogP contribution < -0.4 is 5.73 Å². The number of esters is 1. The molecule has 0 aliphatic carbocycles. The molecule has 0 saturated heterocycles. The van der Waals surface area contributed by atoms with Crippen molar-refractivity contribution in [3.05, 3.63) is 71.9 Å². The van der Waals surface area contributed by atoms with Crippen LogP contribution in [0.2, 0.25) is 0 Å². The van der Waals surface area contributed by atoms with Gasteiger partial charge in [0.25, 0.3) is 0 Å². The molecule has 0 bridgehead atoms. The fourth-order valence-electron chi connectivity index (χ4n) is 2.11. The first kappa shape index (κ1) is 13.1. The summed E-state index contributed by atoms with van der Waals surface area (Å²) >= 11 is 0. The summed E-state index contributed by atoms with van der Waals surface area (Å²) in [5.74, 6) is -0.381. The Balaban J connectivity index is 1.72. The zero-order valence-corrected chi connectivity index (χ0v) is 11.3. The molecule has 1 heterocycles. The molecule has 2 N–H and O–H groups in total. The van der Waals surface area contributed by atoms with Gasteiger partial charge in [-0.1, -0.05) is 18.2 Å². The molecule has 3 aromatic rings. The molecule has 0 spiro atoms. The van der Waals surface area contributed by atoms with E-state index in [2.05, 4.69) is 4.98 Å². The molecule has 4 heteroatoms. The molecule has 1 aromatic heterocycles. The number of carbonyl (C=O) groups is 1. The Morgan fingerprint density at radius 1 is 1.10 bits per heavy atom. The first-order valence-electron chi connectivity index (χ1n) is 6.59. The lowest BCUT2D eigenvalue weighted by Crippen LogP contribution is -2.05. The highest BCUT2D eigenvalue weighted by Gasteiger charge is 2.07. The first-order chi connectivity index (χ1) is 10.2. The van der Waals surface area contributed by atoms with E-state index in [-0.39, 0.29) is 12.6 Å². The monoisotopic (exact) mass is 278 g/mol. The van der Waals surface area contributed by atoms with E-state index in [1.165, 1.54) is 0 Å². The van der Waals surface area contributed by atoms with Crippen LogP contribution >= 0.6 is 0 Å². The van der Waals surface area contributed by atoms with Crippen LogP contribution in [0.25, 0.3) is 10.9 Å². The number of rotatable bonds is 3. The Kier molecular flexibility index (Phi) is 3.51. The molecule has 0 atom stereocenters. The Morgan fingerprint density at radius 2 is 2.00 bits per heavy atom. The summed E-state index contributed by atoms with van der Waals surface area (Å²) in [6.07, 6.45) is 1.75. The second-order valence-corrected chi connectivity index (χ2v) is 4.73. The van der Waals surface area contributed by atoms with Crippen molar-refractivity contribution in [3.8, 4) is 0 Å². The highest BCUT2D eigenvalue weighted by molar-refractivity contribution is 5.90. The van der Waals surface area contributed by atoms with Gasteiger partial charge in [0.1, 0.15) is 6.61 Å². The fraction of sp³-hybridized carbons (Fsp3) is 0.0588. The lowest BCUT2D eigenvalue weighted by Gasteiger charge is -2.06. The third-order valence-corrected chi connectivity index (χ3v) is 3.16. The van der Waals surface area contributed by atoms with Crippen LogP contribution in [0.1, 0.15) is 15.9 Å². The highest BCUT2D eigenvalue weighted by Crippen LogP contribution is 2.15. The van der Waals surface area contributed by atoms with Crippen molar-refractivity contribution in [3.63, 3.8) is 0 Å². The van der Waals surface area contributed by atoms with Gasteiger partial charge in [-0.2, -0.15) is 0 Å². The summed E-state index contributed by atoms with van der Waals surface area (Å²) in [7, 11) is 0. The van der Waals surface area contributed by atoms with E-state index in [4.69, 9.17) is 10.5 Å². The van der Waals surface area contributed by atoms with Crippen molar-refractivity contribution in [2.75, 3.05) is 5.73 Å². The molecule has 3 rings (SSSR count). The number of ether oxygens (including phenoxy) is 1. The number of anilines is 1. The van der Waals surface area contributed by atoms with E-state index in [1.54, 1.807) is 30.5 Å². The van der Waals surface area contributed by atoms with E-state index in [0.29, 0.717) is 11.3 Å². The zero-order chi connectivity index (χ0) is 14.7. The smallest absolute Gasteiger partial charge is 0.338 e. The average molecular weight is 278 g/mol. The summed E-state index contributed by atoms with van der Waals surface area (Å²) in [6, 6.07) is 16.4. The van der Waals surface area contributed by atoms with Crippen LogP contribution in [-0.2, 0) is 11.3 Å². The number of nitrogens with zero attached hydrogens (tertiary/aromatic N) is 1. The summed E-state index contributed by atoms with van der Waals surface area (Å²) < 4.78 is 5.30. The van der Waals surface area contributed by atoms with Gasteiger partial charge in [0.05, 0.1) is 11.1 Å². The quantitative estimate of drug-likeness (QED) is 0.590. The van der Waals surface area contributed by atoms with Crippen LogP contribution in [0.5, 0.6) is 0 Å². The average Bonchev–Trinajstić information content (AvgIpc) is 2.52. The van der Waals surface area contributed by atoms with Crippen LogP contribution in [0.15, 0.2) is 60.8 Å². The van der Waals surface area contributed by atoms with Crippen LogP contribution in [0.4, 0.5) is 5.69 Å². The topological polar surface area (TPSA) is 65.2 Å². The fourth-order valence-corrected chi connectivity index (χ4v) is 2.11. The molecular weight excluding hydrogens is 264 g/mol. The molecule has 0 radical (unpaired) electrons. The van der Waals surface area contributed by atoms with Gasteiger partial charge in [0.2, 0.25) is 0 Å². The molecule has 0 unspecified atom stereocenters. The molecule has 0 saturated carbocycles. The standard InChI is InChI=1S/C17H14N2O2/c18-15-5-1-3-14(10-15)17(20)21-11-12-6-7-16-13(9-12)4-2-8-19-16/h1-10H,11,18H2. The van der Waals surface area contributed by atoms with Gasteiger partial charge in [0, 0.05) is 17.3 Å². The third kappa shape index (κ3) is 3.00. The first-order valence-corrected chi connectivity index (χ1v) is 6.59. The van der Waals surface area contributed by atoms with Crippen molar-refractivity contribution >= 4 is 22.6 Å². The van der Waals surface area contributed by atoms with Crippen molar-refractivity contribution in [1.82, 2.24) is 4.98 Å². The maximum absolute atomic E-state index is 11.9. The second-order valence-electron chi connectivity index (χ2n) is 4.73. The van der Waals surface area contributed by atoms with Crippen molar-refractivity contribution in [2.45, 2.75) is 6.61 Å². The SMILES string of the molecule is Nc1cccc(C(=O)OCc2ccc3ncccc3c2)c1. The van der Waals surface area contributed by atoms with Gasteiger partial charge < -0.3 is 10.5 Å². The minimum atomic E-state index is -0.381. The summed E-state index contributed by atoms with van der Waals surface area (Å²) in [4.78, 5) is 16.2. The molecule has 0 fully saturated rings.